The van der Waals surface area contributed by atoms with Crippen molar-refractivity contribution >= 4 is 11.8 Å². The SMILES string of the molecule is CCN(CC(C)C(=O)O)c1nccn(C)c1=O. The summed E-state index contributed by atoms with van der Waals surface area (Å²) < 4.78 is 1.43. The van der Waals surface area contributed by atoms with Gasteiger partial charge in [0.15, 0.2) is 5.82 Å². The van der Waals surface area contributed by atoms with Gasteiger partial charge in [0.1, 0.15) is 0 Å². The molecule has 0 aromatic carbocycles. The Labute approximate surface area is 99.5 Å². The molecule has 1 rings (SSSR count). The fraction of sp³-hybridized carbons (Fsp3) is 0.545. The van der Waals surface area contributed by atoms with Gasteiger partial charge in [-0.05, 0) is 6.92 Å². The molecule has 1 aromatic rings. The summed E-state index contributed by atoms with van der Waals surface area (Å²) in [6.07, 6.45) is 3.10. The summed E-state index contributed by atoms with van der Waals surface area (Å²) in [5.74, 6) is -1.12. The van der Waals surface area contributed by atoms with E-state index in [0.29, 0.717) is 12.4 Å². The van der Waals surface area contributed by atoms with Gasteiger partial charge < -0.3 is 14.6 Å². The van der Waals surface area contributed by atoms with E-state index in [1.807, 2.05) is 6.92 Å². The maximum Gasteiger partial charge on any atom is 0.308 e. The number of nitrogens with zero attached hydrogens (tertiary/aromatic N) is 3. The van der Waals surface area contributed by atoms with Crippen LogP contribution in [0.5, 0.6) is 0 Å². The van der Waals surface area contributed by atoms with Gasteiger partial charge in [-0.15, -0.1) is 0 Å². The predicted octanol–water partition coefficient (Wildman–Crippen LogP) is 0.327. The molecule has 6 nitrogen and oxygen atoms in total. The van der Waals surface area contributed by atoms with Gasteiger partial charge in [0.2, 0.25) is 0 Å². The summed E-state index contributed by atoms with van der Waals surface area (Å²) >= 11 is 0. The molecule has 1 heterocycles. The lowest BCUT2D eigenvalue weighted by Gasteiger charge is -2.23. The second kappa shape index (κ2) is 5.47. The highest BCUT2D eigenvalue weighted by atomic mass is 16.4. The maximum absolute atomic E-state index is 11.8. The molecular weight excluding hydrogens is 222 g/mol. The third-order valence-electron chi connectivity index (χ3n) is 2.60. The Morgan fingerprint density at radius 3 is 2.82 bits per heavy atom. The van der Waals surface area contributed by atoms with E-state index < -0.39 is 11.9 Å². The second-order valence-corrected chi connectivity index (χ2v) is 3.94. The summed E-state index contributed by atoms with van der Waals surface area (Å²) in [4.78, 5) is 28.3. The number of hydrogen-bond acceptors (Lipinski definition) is 4. The molecule has 0 saturated heterocycles. The van der Waals surface area contributed by atoms with E-state index in [1.54, 1.807) is 25.1 Å². The zero-order chi connectivity index (χ0) is 13.0. The Morgan fingerprint density at radius 2 is 2.29 bits per heavy atom. The topological polar surface area (TPSA) is 75.4 Å². The van der Waals surface area contributed by atoms with E-state index in [0.717, 1.165) is 0 Å². The molecule has 6 heteroatoms. The summed E-state index contributed by atoms with van der Waals surface area (Å²) in [5, 5.41) is 8.87. The lowest BCUT2D eigenvalue weighted by molar-refractivity contribution is -0.140. The molecular formula is C11H17N3O3. The molecule has 1 atom stereocenters. The molecule has 0 saturated carbocycles. The van der Waals surface area contributed by atoms with Crippen LogP contribution < -0.4 is 10.5 Å². The van der Waals surface area contributed by atoms with Gasteiger partial charge in [0, 0.05) is 32.5 Å². The molecule has 0 aliphatic rings. The van der Waals surface area contributed by atoms with E-state index in [9.17, 15) is 9.59 Å². The average molecular weight is 239 g/mol. The molecule has 0 aliphatic heterocycles. The minimum atomic E-state index is -0.879. The minimum Gasteiger partial charge on any atom is -0.481 e. The van der Waals surface area contributed by atoms with Crippen LogP contribution in [-0.2, 0) is 11.8 Å². The van der Waals surface area contributed by atoms with Crippen LogP contribution in [0, 0.1) is 5.92 Å². The van der Waals surface area contributed by atoms with Crippen molar-refractivity contribution in [2.24, 2.45) is 13.0 Å². The number of anilines is 1. The van der Waals surface area contributed by atoms with Crippen LogP contribution in [-0.4, -0.2) is 33.7 Å². The largest absolute Gasteiger partial charge is 0.481 e. The van der Waals surface area contributed by atoms with Crippen molar-refractivity contribution in [2.45, 2.75) is 13.8 Å². The van der Waals surface area contributed by atoms with Crippen molar-refractivity contribution in [3.8, 4) is 0 Å². The van der Waals surface area contributed by atoms with Crippen LogP contribution in [0.15, 0.2) is 17.2 Å². The normalized spacial score (nSPS) is 12.2. The lowest BCUT2D eigenvalue weighted by Crippen LogP contribution is -2.37. The Hall–Kier alpha value is -1.85. The summed E-state index contributed by atoms with van der Waals surface area (Å²) in [5.41, 5.74) is -0.216. The van der Waals surface area contributed by atoms with Crippen molar-refractivity contribution in [3.63, 3.8) is 0 Å². The Morgan fingerprint density at radius 1 is 1.65 bits per heavy atom. The van der Waals surface area contributed by atoms with Crippen LogP contribution in [0.3, 0.4) is 0 Å². The molecule has 0 radical (unpaired) electrons. The van der Waals surface area contributed by atoms with Crippen LogP contribution in [0.4, 0.5) is 5.82 Å². The standard InChI is InChI=1S/C11H17N3O3/c1-4-14(7-8(2)11(16)17)9-10(15)13(3)6-5-12-9/h5-6,8H,4,7H2,1-3H3,(H,16,17). The molecule has 94 valence electrons. The van der Waals surface area contributed by atoms with E-state index in [4.69, 9.17) is 5.11 Å². The molecule has 1 N–H and O–H groups in total. The van der Waals surface area contributed by atoms with Crippen molar-refractivity contribution < 1.29 is 9.90 Å². The molecule has 0 aliphatic carbocycles. The third-order valence-corrected chi connectivity index (χ3v) is 2.60. The van der Waals surface area contributed by atoms with Gasteiger partial charge in [-0.1, -0.05) is 6.92 Å². The second-order valence-electron chi connectivity index (χ2n) is 3.94. The quantitative estimate of drug-likeness (QED) is 0.801. The predicted molar refractivity (Wildman–Crippen MR) is 64.2 cm³/mol. The zero-order valence-electron chi connectivity index (χ0n) is 10.3. The first-order valence-electron chi connectivity index (χ1n) is 5.46. The average Bonchev–Trinajstić information content (AvgIpc) is 2.29. The Kier molecular flexibility index (Phi) is 4.25. The zero-order valence-corrected chi connectivity index (χ0v) is 10.3. The van der Waals surface area contributed by atoms with Gasteiger partial charge in [-0.25, -0.2) is 4.98 Å². The third kappa shape index (κ3) is 3.05. The number of carboxylic acids is 1. The monoisotopic (exact) mass is 239 g/mol. The number of aromatic nitrogens is 2. The fourth-order valence-electron chi connectivity index (χ4n) is 1.48. The van der Waals surface area contributed by atoms with Gasteiger partial charge >= 0.3 is 5.97 Å². The van der Waals surface area contributed by atoms with Gasteiger partial charge in [-0.3, -0.25) is 9.59 Å². The van der Waals surface area contributed by atoms with E-state index in [1.165, 1.54) is 10.8 Å². The molecule has 17 heavy (non-hydrogen) atoms. The number of carbonyl (C=O) groups is 1. The number of aryl methyl sites for hydroxylation is 1. The van der Waals surface area contributed by atoms with Crippen molar-refractivity contribution in [2.75, 3.05) is 18.0 Å². The summed E-state index contributed by atoms with van der Waals surface area (Å²) in [6, 6.07) is 0. The van der Waals surface area contributed by atoms with Crippen molar-refractivity contribution in [1.29, 1.82) is 0 Å². The highest BCUT2D eigenvalue weighted by Crippen LogP contribution is 2.07. The Balaban J connectivity index is 2.98. The number of rotatable bonds is 5. The van der Waals surface area contributed by atoms with E-state index in [-0.39, 0.29) is 12.1 Å². The van der Waals surface area contributed by atoms with Crippen molar-refractivity contribution in [3.05, 3.63) is 22.7 Å². The highest BCUT2D eigenvalue weighted by molar-refractivity contribution is 5.70. The van der Waals surface area contributed by atoms with Crippen LogP contribution >= 0.6 is 0 Å². The lowest BCUT2D eigenvalue weighted by atomic mass is 10.2. The fourth-order valence-corrected chi connectivity index (χ4v) is 1.48. The Bertz CT molecular complexity index is 456. The van der Waals surface area contributed by atoms with Crippen LogP contribution in [0.1, 0.15) is 13.8 Å². The molecule has 0 amide bonds. The van der Waals surface area contributed by atoms with Gasteiger partial charge in [0.05, 0.1) is 5.92 Å². The van der Waals surface area contributed by atoms with Gasteiger partial charge in [-0.2, -0.15) is 0 Å². The molecule has 1 aromatic heterocycles. The molecule has 0 spiro atoms. The molecule has 0 fully saturated rings. The van der Waals surface area contributed by atoms with Crippen LogP contribution in [0.25, 0.3) is 0 Å². The van der Waals surface area contributed by atoms with E-state index >= 15 is 0 Å². The number of hydrogen-bond donors (Lipinski definition) is 1. The summed E-state index contributed by atoms with van der Waals surface area (Å²) in [7, 11) is 1.64. The summed E-state index contributed by atoms with van der Waals surface area (Å²) in [6.45, 7) is 4.29. The minimum absolute atomic E-state index is 0.216. The molecule has 1 unspecified atom stereocenters. The van der Waals surface area contributed by atoms with Crippen LogP contribution in [0.2, 0.25) is 0 Å². The number of aliphatic carboxylic acids is 1. The molecule has 0 bridgehead atoms. The van der Waals surface area contributed by atoms with E-state index in [2.05, 4.69) is 4.98 Å². The smallest absolute Gasteiger partial charge is 0.308 e. The highest BCUT2D eigenvalue weighted by Gasteiger charge is 2.18. The van der Waals surface area contributed by atoms with Crippen molar-refractivity contribution in [1.82, 2.24) is 9.55 Å². The first-order chi connectivity index (χ1) is 7.97. The van der Waals surface area contributed by atoms with Gasteiger partial charge in [0.25, 0.3) is 5.56 Å². The maximum atomic E-state index is 11.8. The first kappa shape index (κ1) is 13.2. The number of carboxylic acid groups (broad SMARTS) is 1. The first-order valence-corrected chi connectivity index (χ1v) is 5.46.